The predicted octanol–water partition coefficient (Wildman–Crippen LogP) is 1.37. The van der Waals surface area contributed by atoms with Crippen LogP contribution in [-0.2, 0) is 9.53 Å². The molecule has 0 bridgehead atoms. The van der Waals surface area contributed by atoms with Crippen LogP contribution in [0.1, 0.15) is 12.8 Å². The van der Waals surface area contributed by atoms with Gasteiger partial charge in [0.1, 0.15) is 13.6 Å². The Morgan fingerprint density at radius 2 is 2.12 bits per heavy atom. The Kier molecular flexibility index (Phi) is 5.93. The van der Waals surface area contributed by atoms with Gasteiger partial charge in [-0.05, 0) is 25.0 Å². The van der Waals surface area contributed by atoms with Gasteiger partial charge in [-0.15, -0.1) is 0 Å². The fourth-order valence-electron chi connectivity index (χ4n) is 1.23. The molecule has 17 heavy (non-hydrogen) atoms. The number of ether oxygens (including phenoxy) is 2. The van der Waals surface area contributed by atoms with E-state index in [2.05, 4.69) is 6.58 Å². The van der Waals surface area contributed by atoms with E-state index in [9.17, 15) is 4.79 Å². The van der Waals surface area contributed by atoms with Gasteiger partial charge in [-0.25, -0.2) is 4.79 Å². The van der Waals surface area contributed by atoms with Crippen molar-refractivity contribution in [1.29, 1.82) is 0 Å². The molecule has 0 aliphatic heterocycles. The first-order valence-corrected chi connectivity index (χ1v) is 5.50. The third-order valence-electron chi connectivity index (χ3n) is 2.08. The quantitative estimate of drug-likeness (QED) is 0.307. The van der Waals surface area contributed by atoms with Crippen molar-refractivity contribution >= 4 is 19.3 Å². The molecule has 0 aliphatic carbocycles. The number of carbonyl (C=O) groups is 1. The summed E-state index contributed by atoms with van der Waals surface area (Å²) in [6, 6.07) is 7.28. The first-order valence-electron chi connectivity index (χ1n) is 5.50. The van der Waals surface area contributed by atoms with Crippen LogP contribution >= 0.6 is 0 Å². The van der Waals surface area contributed by atoms with Crippen LogP contribution in [-0.4, -0.2) is 27.0 Å². The highest BCUT2D eigenvalue weighted by molar-refractivity contribution is 6.32. The minimum atomic E-state index is -0.387. The van der Waals surface area contributed by atoms with Crippen molar-refractivity contribution in [3.05, 3.63) is 36.9 Å². The predicted molar refractivity (Wildman–Crippen MR) is 67.7 cm³/mol. The summed E-state index contributed by atoms with van der Waals surface area (Å²) < 4.78 is 10.3. The summed E-state index contributed by atoms with van der Waals surface area (Å²) in [5.74, 6) is 0.370. The summed E-state index contributed by atoms with van der Waals surface area (Å²) in [6.07, 6.45) is 2.74. The molecule has 0 fully saturated rings. The van der Waals surface area contributed by atoms with Crippen molar-refractivity contribution in [3.8, 4) is 5.75 Å². The first-order chi connectivity index (χ1) is 8.22. The van der Waals surface area contributed by atoms with Crippen LogP contribution in [0.3, 0.4) is 0 Å². The molecule has 0 heterocycles. The van der Waals surface area contributed by atoms with Crippen molar-refractivity contribution < 1.29 is 14.3 Å². The molecular weight excluding hydrogens is 215 g/mol. The van der Waals surface area contributed by atoms with E-state index in [4.69, 9.17) is 17.3 Å². The minimum Gasteiger partial charge on any atom is -0.494 e. The van der Waals surface area contributed by atoms with E-state index in [0.29, 0.717) is 18.7 Å². The number of esters is 1. The normalized spacial score (nSPS) is 9.65. The van der Waals surface area contributed by atoms with Crippen LogP contribution in [0.5, 0.6) is 5.75 Å². The van der Waals surface area contributed by atoms with E-state index in [1.165, 1.54) is 0 Å². The van der Waals surface area contributed by atoms with E-state index < -0.39 is 0 Å². The first kappa shape index (κ1) is 13.4. The Labute approximate surface area is 103 Å². The lowest BCUT2D eigenvalue weighted by molar-refractivity contribution is -0.137. The van der Waals surface area contributed by atoms with Crippen LogP contribution in [0.15, 0.2) is 36.9 Å². The van der Waals surface area contributed by atoms with Gasteiger partial charge in [-0.2, -0.15) is 0 Å². The van der Waals surface area contributed by atoms with E-state index in [1.54, 1.807) is 6.07 Å². The van der Waals surface area contributed by atoms with Gasteiger partial charge in [-0.1, -0.05) is 24.2 Å². The maximum atomic E-state index is 10.7. The van der Waals surface area contributed by atoms with Crippen LogP contribution in [0.4, 0.5) is 0 Å². The van der Waals surface area contributed by atoms with Crippen molar-refractivity contribution in [3.63, 3.8) is 0 Å². The maximum absolute atomic E-state index is 10.7. The molecule has 0 aromatic heterocycles. The third kappa shape index (κ3) is 5.80. The average Bonchev–Trinajstić information content (AvgIpc) is 2.33. The van der Waals surface area contributed by atoms with E-state index >= 15 is 0 Å². The maximum Gasteiger partial charge on any atom is 0.330 e. The highest BCUT2D eigenvalue weighted by atomic mass is 16.5. The molecule has 3 nitrogen and oxygen atoms in total. The fourth-order valence-corrected chi connectivity index (χ4v) is 1.23. The van der Waals surface area contributed by atoms with E-state index in [0.717, 1.165) is 24.7 Å². The van der Waals surface area contributed by atoms with Gasteiger partial charge in [0.15, 0.2) is 0 Å². The average molecular weight is 230 g/mol. The molecule has 1 aromatic carbocycles. The Morgan fingerprint density at radius 3 is 2.82 bits per heavy atom. The second kappa shape index (κ2) is 7.55. The molecule has 0 amide bonds. The zero-order valence-corrected chi connectivity index (χ0v) is 9.72. The van der Waals surface area contributed by atoms with Crippen LogP contribution < -0.4 is 10.2 Å². The fraction of sp³-hybridized carbons (Fsp3) is 0.308. The van der Waals surface area contributed by atoms with Gasteiger partial charge in [0.2, 0.25) is 0 Å². The van der Waals surface area contributed by atoms with Crippen LogP contribution in [0.2, 0.25) is 0 Å². The number of hydrogen-bond donors (Lipinski definition) is 0. The number of unbranched alkanes of at least 4 members (excludes halogenated alkanes) is 1. The lowest BCUT2D eigenvalue weighted by Crippen LogP contribution is -2.06. The molecule has 0 saturated heterocycles. The van der Waals surface area contributed by atoms with E-state index in [1.807, 2.05) is 18.2 Å². The highest BCUT2D eigenvalue weighted by Crippen LogP contribution is 2.07. The zero-order chi connectivity index (χ0) is 12.5. The van der Waals surface area contributed by atoms with Gasteiger partial charge >= 0.3 is 5.97 Å². The smallest absolute Gasteiger partial charge is 0.330 e. The Bertz CT molecular complexity index is 377. The lowest BCUT2D eigenvalue weighted by Gasteiger charge is -2.06. The Balaban J connectivity index is 2.08. The van der Waals surface area contributed by atoms with Crippen LogP contribution in [0.25, 0.3) is 0 Å². The third-order valence-corrected chi connectivity index (χ3v) is 2.08. The minimum absolute atomic E-state index is 0.387. The number of hydrogen-bond acceptors (Lipinski definition) is 3. The monoisotopic (exact) mass is 230 g/mol. The SMILES string of the molecule is [B]c1cccc(OCCCCOC(=O)C=C)c1. The van der Waals surface area contributed by atoms with Crippen LogP contribution in [0, 0.1) is 0 Å². The van der Waals surface area contributed by atoms with Gasteiger partial charge in [-0.3, -0.25) is 0 Å². The number of benzene rings is 1. The van der Waals surface area contributed by atoms with Gasteiger partial charge in [0, 0.05) is 6.08 Å². The molecule has 0 N–H and O–H groups in total. The van der Waals surface area contributed by atoms with Crippen molar-refractivity contribution in [2.24, 2.45) is 0 Å². The highest BCUT2D eigenvalue weighted by Gasteiger charge is 1.96. The number of carbonyl (C=O) groups excluding carboxylic acids is 1. The molecule has 0 saturated carbocycles. The van der Waals surface area contributed by atoms with Crippen molar-refractivity contribution in [1.82, 2.24) is 0 Å². The molecular formula is C13H15BO3. The molecule has 0 aliphatic rings. The summed E-state index contributed by atoms with van der Waals surface area (Å²) >= 11 is 0. The largest absolute Gasteiger partial charge is 0.494 e. The molecule has 2 radical (unpaired) electrons. The van der Waals surface area contributed by atoms with Gasteiger partial charge in [0.05, 0.1) is 13.2 Å². The summed E-state index contributed by atoms with van der Waals surface area (Å²) in [7, 11) is 5.61. The van der Waals surface area contributed by atoms with Gasteiger partial charge < -0.3 is 9.47 Å². The molecule has 1 rings (SSSR count). The molecule has 0 unspecified atom stereocenters. The second-order valence-corrected chi connectivity index (χ2v) is 3.50. The van der Waals surface area contributed by atoms with Crippen molar-refractivity contribution in [2.75, 3.05) is 13.2 Å². The summed E-state index contributed by atoms with van der Waals surface area (Å²) in [5, 5.41) is 0. The molecule has 0 spiro atoms. The van der Waals surface area contributed by atoms with Crippen molar-refractivity contribution in [2.45, 2.75) is 12.8 Å². The molecule has 88 valence electrons. The van der Waals surface area contributed by atoms with Gasteiger partial charge in [0.25, 0.3) is 0 Å². The standard InChI is InChI=1S/C13H15BO3/c1-2-13(15)17-9-4-3-8-16-12-7-5-6-11(14)10-12/h2,5-7,10H,1,3-4,8-9H2. The summed E-state index contributed by atoms with van der Waals surface area (Å²) in [5.41, 5.74) is 0.683. The molecule has 4 heteroatoms. The zero-order valence-electron chi connectivity index (χ0n) is 9.72. The molecule has 0 atom stereocenters. The number of rotatable bonds is 7. The second-order valence-electron chi connectivity index (χ2n) is 3.50. The van der Waals surface area contributed by atoms with E-state index in [-0.39, 0.29) is 5.97 Å². The summed E-state index contributed by atoms with van der Waals surface area (Å²) in [4.78, 5) is 10.7. The summed E-state index contributed by atoms with van der Waals surface area (Å²) in [6.45, 7) is 4.28. The Hall–Kier alpha value is -1.71. The molecule has 1 aromatic rings. The lowest BCUT2D eigenvalue weighted by atomic mass is 9.96. The Morgan fingerprint density at radius 1 is 1.35 bits per heavy atom. The topological polar surface area (TPSA) is 35.5 Å².